The summed E-state index contributed by atoms with van der Waals surface area (Å²) in [4.78, 5) is 16.6. The van der Waals surface area contributed by atoms with Crippen molar-refractivity contribution in [2.45, 2.75) is 0 Å². The molecule has 4 rings (SSSR count). The van der Waals surface area contributed by atoms with Gasteiger partial charge < -0.3 is 10.4 Å². The van der Waals surface area contributed by atoms with Gasteiger partial charge in [0.15, 0.2) is 0 Å². The van der Waals surface area contributed by atoms with Crippen molar-refractivity contribution in [2.24, 2.45) is 0 Å². The third-order valence-electron chi connectivity index (χ3n) is 4.62. The van der Waals surface area contributed by atoms with Crippen molar-refractivity contribution in [1.82, 2.24) is 4.98 Å². The van der Waals surface area contributed by atoms with Crippen molar-refractivity contribution in [3.8, 4) is 16.9 Å². The van der Waals surface area contributed by atoms with Crippen molar-refractivity contribution in [1.29, 1.82) is 0 Å². The fourth-order valence-corrected chi connectivity index (χ4v) is 3.28. The van der Waals surface area contributed by atoms with Gasteiger partial charge in [0, 0.05) is 34.8 Å². The second kappa shape index (κ2) is 6.23. The van der Waals surface area contributed by atoms with Gasteiger partial charge in [-0.2, -0.15) is 0 Å². The summed E-state index contributed by atoms with van der Waals surface area (Å²) < 4.78 is 0. The van der Waals surface area contributed by atoms with Crippen LogP contribution in [-0.2, 0) is 4.79 Å². The van der Waals surface area contributed by atoms with Gasteiger partial charge in [-0.1, -0.05) is 24.3 Å². The number of amides is 1. The normalized spacial score (nSPS) is 14.3. The van der Waals surface area contributed by atoms with E-state index in [0.717, 1.165) is 38.9 Å². The fourth-order valence-electron chi connectivity index (χ4n) is 3.28. The average Bonchev–Trinajstić information content (AvgIpc) is 2.95. The third-order valence-corrected chi connectivity index (χ3v) is 4.62. The van der Waals surface area contributed by atoms with E-state index in [1.54, 1.807) is 6.20 Å². The van der Waals surface area contributed by atoms with Crippen LogP contribution in [0.1, 0.15) is 11.1 Å². The Hall–Kier alpha value is -3.27. The van der Waals surface area contributed by atoms with Crippen LogP contribution in [0.2, 0.25) is 0 Å². The molecule has 124 valence electrons. The number of carbonyl (C=O) groups excluding carboxylic acids is 1. The predicted molar refractivity (Wildman–Crippen MR) is 111 cm³/mol. The lowest BCUT2D eigenvalue weighted by Gasteiger charge is -2.07. The molecule has 2 aromatic carbocycles. The zero-order chi connectivity index (χ0) is 18.3. The third kappa shape index (κ3) is 2.80. The van der Waals surface area contributed by atoms with Crippen molar-refractivity contribution < 1.29 is 9.90 Å². The number of phenolic OH excluding ortho intramolecular Hbond substituents is 1. The SMILES string of the molecule is Bc1cc(/C=C2\C(=O)Nc3ccc(-c4cccnc4)cc32)cc(B)c1O. The first kappa shape index (κ1) is 16.2. The number of nitrogens with one attached hydrogen (secondary N) is 1. The molecule has 0 bridgehead atoms. The summed E-state index contributed by atoms with van der Waals surface area (Å²) in [5.74, 6) is 0.175. The van der Waals surface area contributed by atoms with E-state index in [0.29, 0.717) is 11.3 Å². The van der Waals surface area contributed by atoms with Crippen molar-refractivity contribution in [3.63, 3.8) is 0 Å². The molecule has 0 radical (unpaired) electrons. The van der Waals surface area contributed by atoms with Crippen LogP contribution in [0.3, 0.4) is 0 Å². The number of fused-ring (bicyclic) bond motifs is 1. The number of hydrogen-bond acceptors (Lipinski definition) is 3. The smallest absolute Gasteiger partial charge is 0.256 e. The summed E-state index contributed by atoms with van der Waals surface area (Å²) in [6.45, 7) is 0. The lowest BCUT2D eigenvalue weighted by Crippen LogP contribution is -2.15. The minimum absolute atomic E-state index is 0.119. The Morgan fingerprint density at radius 3 is 2.50 bits per heavy atom. The average molecular weight is 338 g/mol. The number of nitrogens with zero attached hydrogens (tertiary/aromatic N) is 1. The number of rotatable bonds is 2. The van der Waals surface area contributed by atoms with Crippen molar-refractivity contribution in [3.05, 3.63) is 66.0 Å². The second-order valence-corrected chi connectivity index (χ2v) is 6.52. The molecule has 0 saturated carbocycles. The van der Waals surface area contributed by atoms with E-state index in [9.17, 15) is 9.90 Å². The van der Waals surface area contributed by atoms with Crippen LogP contribution in [0.4, 0.5) is 5.69 Å². The van der Waals surface area contributed by atoms with Gasteiger partial charge in [-0.25, -0.2) is 0 Å². The quantitative estimate of drug-likeness (QED) is 0.527. The number of aromatic hydroxyl groups is 1. The zero-order valence-corrected chi connectivity index (χ0v) is 14.6. The van der Waals surface area contributed by atoms with E-state index < -0.39 is 0 Å². The van der Waals surface area contributed by atoms with Crippen molar-refractivity contribution in [2.75, 3.05) is 5.32 Å². The van der Waals surface area contributed by atoms with Gasteiger partial charge in [0.1, 0.15) is 21.4 Å². The highest BCUT2D eigenvalue weighted by Crippen LogP contribution is 2.36. The van der Waals surface area contributed by atoms with Crippen LogP contribution in [-0.4, -0.2) is 31.7 Å². The Morgan fingerprint density at radius 1 is 1.04 bits per heavy atom. The maximum absolute atomic E-state index is 12.5. The summed E-state index contributed by atoms with van der Waals surface area (Å²) in [7, 11) is 3.71. The van der Waals surface area contributed by atoms with Crippen LogP contribution < -0.4 is 16.2 Å². The van der Waals surface area contributed by atoms with Gasteiger partial charge in [0.25, 0.3) is 5.91 Å². The number of aromatic nitrogens is 1. The molecule has 3 aromatic rings. The Morgan fingerprint density at radius 2 is 1.81 bits per heavy atom. The zero-order valence-electron chi connectivity index (χ0n) is 14.6. The van der Waals surface area contributed by atoms with E-state index >= 15 is 0 Å². The van der Waals surface area contributed by atoms with E-state index in [4.69, 9.17) is 0 Å². The summed E-state index contributed by atoms with van der Waals surface area (Å²) in [5.41, 5.74) is 6.79. The molecule has 1 aliphatic heterocycles. The maximum atomic E-state index is 12.5. The lowest BCUT2D eigenvalue weighted by molar-refractivity contribution is -0.110. The number of hydrogen-bond donors (Lipinski definition) is 2. The predicted octanol–water partition coefficient (Wildman–Crippen LogP) is 0.464. The van der Waals surface area contributed by atoms with Gasteiger partial charge in [0.2, 0.25) is 0 Å². The molecule has 4 nitrogen and oxygen atoms in total. The summed E-state index contributed by atoms with van der Waals surface area (Å²) in [6, 6.07) is 13.6. The molecule has 0 fully saturated rings. The number of carbonyl (C=O) groups is 1. The first-order valence-electron chi connectivity index (χ1n) is 8.41. The molecule has 0 aliphatic carbocycles. The number of phenols is 1. The van der Waals surface area contributed by atoms with Gasteiger partial charge in [-0.05, 0) is 46.3 Å². The standard InChI is InChI=1S/C20H16B2N2O2/c21-16-7-11(8-17(22)19(16)25)6-15-14-9-12(13-2-1-5-23-10-13)3-4-18(14)24-20(15)26/h1-10,25H,21-22H2,(H,24,26)/b15-6-. The Labute approximate surface area is 153 Å². The van der Waals surface area contributed by atoms with Gasteiger partial charge in [-0.3, -0.25) is 9.78 Å². The van der Waals surface area contributed by atoms with Gasteiger partial charge in [0.05, 0.1) is 0 Å². The maximum Gasteiger partial charge on any atom is 0.256 e. The molecule has 1 aromatic heterocycles. The Balaban J connectivity index is 1.82. The summed E-state index contributed by atoms with van der Waals surface area (Å²) in [5, 5.41) is 12.9. The van der Waals surface area contributed by atoms with E-state index in [1.807, 2.05) is 70.4 Å². The largest absolute Gasteiger partial charge is 0.509 e. The minimum atomic E-state index is -0.119. The van der Waals surface area contributed by atoms with E-state index in [2.05, 4.69) is 10.3 Å². The molecule has 2 N–H and O–H groups in total. The van der Waals surface area contributed by atoms with Gasteiger partial charge >= 0.3 is 0 Å². The molecule has 0 atom stereocenters. The molecule has 0 saturated heterocycles. The molecule has 0 spiro atoms. The highest BCUT2D eigenvalue weighted by Gasteiger charge is 2.24. The monoisotopic (exact) mass is 338 g/mol. The minimum Gasteiger partial charge on any atom is -0.509 e. The number of pyridine rings is 1. The summed E-state index contributed by atoms with van der Waals surface area (Å²) in [6.07, 6.45) is 5.42. The first-order chi connectivity index (χ1) is 12.5. The highest BCUT2D eigenvalue weighted by molar-refractivity contribution is 6.42. The van der Waals surface area contributed by atoms with Crippen LogP contribution >= 0.6 is 0 Å². The number of anilines is 1. The number of benzene rings is 2. The highest BCUT2D eigenvalue weighted by atomic mass is 16.3. The molecule has 1 amide bonds. The molecule has 1 aliphatic rings. The summed E-state index contributed by atoms with van der Waals surface area (Å²) >= 11 is 0. The van der Waals surface area contributed by atoms with Crippen LogP contribution in [0.25, 0.3) is 22.8 Å². The van der Waals surface area contributed by atoms with Crippen LogP contribution in [0, 0.1) is 0 Å². The molecular formula is C20H16B2N2O2. The van der Waals surface area contributed by atoms with Gasteiger partial charge in [-0.15, -0.1) is 0 Å². The van der Waals surface area contributed by atoms with Crippen LogP contribution in [0.5, 0.6) is 5.75 Å². The van der Waals surface area contributed by atoms with Crippen LogP contribution in [0.15, 0.2) is 54.9 Å². The second-order valence-electron chi connectivity index (χ2n) is 6.52. The molecule has 0 unspecified atom stereocenters. The lowest BCUT2D eigenvalue weighted by atomic mass is 9.83. The van der Waals surface area contributed by atoms with Crippen molar-refractivity contribution >= 4 is 49.9 Å². The molecule has 6 heteroatoms. The Kier molecular flexibility index (Phi) is 3.88. The topological polar surface area (TPSA) is 62.2 Å². The fraction of sp³-hybridized carbons (Fsp3) is 0. The first-order valence-corrected chi connectivity index (χ1v) is 8.41. The molecule has 26 heavy (non-hydrogen) atoms. The van der Waals surface area contributed by atoms with E-state index in [-0.39, 0.29) is 5.91 Å². The molecular weight excluding hydrogens is 322 g/mol. The molecule has 2 heterocycles. The Bertz CT molecular complexity index is 1040. The van der Waals surface area contributed by atoms with E-state index in [1.165, 1.54) is 0 Å².